The summed E-state index contributed by atoms with van der Waals surface area (Å²) in [5, 5.41) is 0.120. The van der Waals surface area contributed by atoms with Gasteiger partial charge in [-0.05, 0) is 30.5 Å². The Morgan fingerprint density at radius 3 is 2.33 bits per heavy atom. The molecule has 2 rings (SSSR count). The zero-order valence-corrected chi connectivity index (χ0v) is 13.9. The van der Waals surface area contributed by atoms with Crippen LogP contribution < -0.4 is 0 Å². The lowest BCUT2D eigenvalue weighted by atomic mass is 9.78. The van der Waals surface area contributed by atoms with Crippen molar-refractivity contribution in [2.75, 3.05) is 11.8 Å². The molecule has 112 valence electrons. The summed E-state index contributed by atoms with van der Waals surface area (Å²) in [6, 6.07) is 13.0. The maximum Gasteiger partial charge on any atom is 0.145 e. The van der Waals surface area contributed by atoms with Gasteiger partial charge in [-0.15, -0.1) is 23.2 Å². The number of aryl methyl sites for hydroxylation is 1. The highest BCUT2D eigenvalue weighted by molar-refractivity contribution is 6.30. The van der Waals surface area contributed by atoms with Crippen LogP contribution in [0.3, 0.4) is 0 Å². The predicted molar refractivity (Wildman–Crippen MR) is 89.4 cm³/mol. The predicted octanol–water partition coefficient (Wildman–Crippen LogP) is 5.75. The first kappa shape index (κ1) is 16.6. The van der Waals surface area contributed by atoms with Crippen LogP contribution in [0.5, 0.6) is 0 Å². The second-order valence-corrected chi connectivity index (χ2v) is 6.25. The van der Waals surface area contributed by atoms with Crippen molar-refractivity contribution in [1.29, 1.82) is 0 Å². The molecule has 0 N–H and O–H groups in total. The van der Waals surface area contributed by atoms with Crippen molar-refractivity contribution in [2.45, 2.75) is 18.8 Å². The smallest absolute Gasteiger partial charge is 0.145 e. The van der Waals surface area contributed by atoms with E-state index in [1.165, 1.54) is 6.07 Å². The van der Waals surface area contributed by atoms with E-state index in [-0.39, 0.29) is 5.02 Å². The zero-order valence-electron chi connectivity index (χ0n) is 11.7. The van der Waals surface area contributed by atoms with Gasteiger partial charge in [-0.25, -0.2) is 4.39 Å². The fraction of sp³-hybridized carbons (Fsp3) is 0.294. The largest absolute Gasteiger partial charge is 0.205 e. The molecule has 0 bridgehead atoms. The molecule has 0 aliphatic carbocycles. The van der Waals surface area contributed by atoms with Crippen molar-refractivity contribution in [2.24, 2.45) is 0 Å². The maximum absolute atomic E-state index is 14.2. The molecule has 4 heteroatoms. The molecule has 2 aromatic carbocycles. The molecule has 0 radical (unpaired) electrons. The van der Waals surface area contributed by atoms with Crippen molar-refractivity contribution >= 4 is 34.8 Å². The summed E-state index contributed by atoms with van der Waals surface area (Å²) in [4.78, 5) is 0. The van der Waals surface area contributed by atoms with Gasteiger partial charge >= 0.3 is 0 Å². The number of rotatable bonds is 5. The minimum atomic E-state index is -0.513. The van der Waals surface area contributed by atoms with Crippen LogP contribution in [0.4, 0.5) is 4.39 Å². The summed E-state index contributed by atoms with van der Waals surface area (Å²) in [5.41, 5.74) is 2.16. The van der Waals surface area contributed by atoms with E-state index in [1.807, 2.05) is 31.2 Å². The monoisotopic (exact) mass is 344 g/mol. The molecule has 0 aliphatic heterocycles. The Labute approximate surface area is 139 Å². The Morgan fingerprint density at radius 1 is 1.05 bits per heavy atom. The molecule has 0 aliphatic rings. The Hall–Kier alpha value is -0.760. The Bertz CT molecular complexity index is 621. The van der Waals surface area contributed by atoms with E-state index in [4.69, 9.17) is 34.8 Å². The van der Waals surface area contributed by atoms with E-state index >= 15 is 0 Å². The first-order valence-electron chi connectivity index (χ1n) is 6.64. The average molecular weight is 346 g/mol. The van der Waals surface area contributed by atoms with E-state index in [1.54, 1.807) is 12.1 Å². The number of benzene rings is 2. The van der Waals surface area contributed by atoms with E-state index in [9.17, 15) is 4.39 Å². The summed E-state index contributed by atoms with van der Waals surface area (Å²) < 4.78 is 14.2. The molecule has 0 amide bonds. The summed E-state index contributed by atoms with van der Waals surface area (Å²) in [6.45, 7) is 2.01. The normalized spacial score (nSPS) is 11.7. The van der Waals surface area contributed by atoms with Crippen molar-refractivity contribution in [3.63, 3.8) is 0 Å². The van der Waals surface area contributed by atoms with E-state index in [2.05, 4.69) is 0 Å². The molecule has 0 saturated heterocycles. The van der Waals surface area contributed by atoms with Gasteiger partial charge in [-0.1, -0.05) is 53.6 Å². The van der Waals surface area contributed by atoms with E-state index in [0.717, 1.165) is 11.1 Å². The fourth-order valence-corrected chi connectivity index (χ4v) is 3.39. The summed E-state index contributed by atoms with van der Waals surface area (Å²) in [6.07, 6.45) is 0.413. The maximum atomic E-state index is 14.2. The Morgan fingerprint density at radius 2 is 1.71 bits per heavy atom. The highest BCUT2D eigenvalue weighted by Crippen LogP contribution is 2.34. The lowest BCUT2D eigenvalue weighted by molar-refractivity contribution is 0.512. The Kier molecular flexibility index (Phi) is 5.54. The number of halogens is 4. The third-order valence-corrected chi connectivity index (χ3v) is 5.02. The van der Waals surface area contributed by atoms with Gasteiger partial charge in [0.25, 0.3) is 0 Å². The number of alkyl halides is 2. The van der Waals surface area contributed by atoms with Crippen LogP contribution in [0.15, 0.2) is 42.5 Å². The number of hydrogen-bond donors (Lipinski definition) is 0. The minimum absolute atomic E-state index is 0.120. The highest BCUT2D eigenvalue weighted by atomic mass is 35.5. The van der Waals surface area contributed by atoms with Gasteiger partial charge in [0.15, 0.2) is 0 Å². The van der Waals surface area contributed by atoms with Gasteiger partial charge in [-0.2, -0.15) is 0 Å². The second-order valence-electron chi connectivity index (χ2n) is 5.31. The van der Waals surface area contributed by atoms with Gasteiger partial charge in [0.05, 0.1) is 5.02 Å². The van der Waals surface area contributed by atoms with Crippen molar-refractivity contribution in [3.05, 3.63) is 70.0 Å². The van der Waals surface area contributed by atoms with Crippen molar-refractivity contribution in [3.8, 4) is 0 Å². The molecule has 0 atom stereocenters. The van der Waals surface area contributed by atoms with Gasteiger partial charge in [0.2, 0.25) is 0 Å². The number of hydrogen-bond acceptors (Lipinski definition) is 0. The van der Waals surface area contributed by atoms with Crippen LogP contribution in [0.1, 0.15) is 16.7 Å². The molecule has 0 fully saturated rings. The topological polar surface area (TPSA) is 0 Å². The van der Waals surface area contributed by atoms with Crippen LogP contribution in [0.2, 0.25) is 5.02 Å². The molecule has 2 aromatic rings. The summed E-state index contributed by atoms with van der Waals surface area (Å²) >= 11 is 18.3. The van der Waals surface area contributed by atoms with Gasteiger partial charge in [0, 0.05) is 17.2 Å². The quantitative estimate of drug-likeness (QED) is 0.606. The van der Waals surface area contributed by atoms with Crippen LogP contribution >= 0.6 is 34.8 Å². The van der Waals surface area contributed by atoms with Gasteiger partial charge < -0.3 is 0 Å². The molecule has 21 heavy (non-hydrogen) atoms. The standard InChI is InChI=1S/C17H16Cl3F/c1-12-4-2-6-14(8-12)17(10-18,11-19)9-13-5-3-7-15(20)16(13)21/h2-8H,9-11H2,1H3. The van der Waals surface area contributed by atoms with Crippen LogP contribution in [0.25, 0.3) is 0 Å². The molecule has 0 saturated carbocycles. The minimum Gasteiger partial charge on any atom is -0.205 e. The molecule has 0 heterocycles. The zero-order chi connectivity index (χ0) is 15.5. The molecule has 0 nitrogen and oxygen atoms in total. The molecule has 0 aromatic heterocycles. The Balaban J connectivity index is 2.45. The molecular weight excluding hydrogens is 330 g/mol. The van der Waals surface area contributed by atoms with Crippen LogP contribution in [-0.4, -0.2) is 11.8 Å². The highest BCUT2D eigenvalue weighted by Gasteiger charge is 2.32. The fourth-order valence-electron chi connectivity index (χ4n) is 2.41. The van der Waals surface area contributed by atoms with Gasteiger partial charge in [-0.3, -0.25) is 0 Å². The van der Waals surface area contributed by atoms with Crippen molar-refractivity contribution < 1.29 is 4.39 Å². The summed E-state index contributed by atoms with van der Waals surface area (Å²) in [7, 11) is 0. The third-order valence-electron chi connectivity index (χ3n) is 3.70. The van der Waals surface area contributed by atoms with Gasteiger partial charge in [0.1, 0.15) is 5.82 Å². The average Bonchev–Trinajstić information content (AvgIpc) is 2.49. The SMILES string of the molecule is Cc1cccc(C(CCl)(CCl)Cc2cccc(Cl)c2F)c1. The van der Waals surface area contributed by atoms with Crippen molar-refractivity contribution in [1.82, 2.24) is 0 Å². The first-order valence-corrected chi connectivity index (χ1v) is 8.09. The lowest BCUT2D eigenvalue weighted by Crippen LogP contribution is -2.33. The lowest BCUT2D eigenvalue weighted by Gasteiger charge is -2.31. The van der Waals surface area contributed by atoms with Crippen LogP contribution in [0, 0.1) is 12.7 Å². The second kappa shape index (κ2) is 7.00. The molecule has 0 unspecified atom stereocenters. The van der Waals surface area contributed by atoms with Crippen LogP contribution in [-0.2, 0) is 11.8 Å². The summed E-state index contributed by atoms with van der Waals surface area (Å²) in [5.74, 6) is 0.226. The van der Waals surface area contributed by atoms with E-state index in [0.29, 0.717) is 23.7 Å². The third kappa shape index (κ3) is 3.53. The first-order chi connectivity index (χ1) is 10.0. The molecule has 0 spiro atoms. The van der Waals surface area contributed by atoms with E-state index < -0.39 is 11.2 Å². The molecular formula is C17H16Cl3F.